The fourth-order valence-corrected chi connectivity index (χ4v) is 1.04. The number of rotatable bonds is 1. The van der Waals surface area contributed by atoms with Crippen LogP contribution < -0.4 is 0 Å². The van der Waals surface area contributed by atoms with Gasteiger partial charge in [-0.3, -0.25) is 4.79 Å². The van der Waals surface area contributed by atoms with E-state index in [-0.39, 0.29) is 18.4 Å². The molecule has 0 amide bonds. The highest BCUT2D eigenvalue weighted by atomic mass is 16.7. The lowest BCUT2D eigenvalue weighted by Crippen LogP contribution is -2.15. The highest BCUT2D eigenvalue weighted by Crippen LogP contribution is 2.19. The topological polar surface area (TPSA) is 35.5 Å². The molecule has 0 N–H and O–H groups in total. The molecule has 2 unspecified atom stereocenters. The molecule has 0 aromatic rings. The zero-order valence-corrected chi connectivity index (χ0v) is 6.29. The van der Waals surface area contributed by atoms with E-state index in [1.807, 2.05) is 6.92 Å². The number of carbonyl (C=O) groups excluding carboxylic acids is 1. The zero-order chi connectivity index (χ0) is 7.56. The fraction of sp³-hybridized carbons (Fsp3) is 0.857. The van der Waals surface area contributed by atoms with Crippen LogP contribution in [0.2, 0.25) is 0 Å². The molecule has 1 rings (SSSR count). The molecule has 0 saturated carbocycles. The Labute approximate surface area is 60.3 Å². The molecule has 0 aromatic heterocycles. The number of esters is 1. The Morgan fingerprint density at radius 2 is 2.30 bits per heavy atom. The van der Waals surface area contributed by atoms with Gasteiger partial charge in [-0.25, -0.2) is 0 Å². The Kier molecular flexibility index (Phi) is 2.27. The maximum absolute atomic E-state index is 10.4. The van der Waals surface area contributed by atoms with Gasteiger partial charge in [0.25, 0.3) is 0 Å². The van der Waals surface area contributed by atoms with Crippen LogP contribution in [0.4, 0.5) is 0 Å². The molecule has 3 heteroatoms. The minimum Gasteiger partial charge on any atom is -0.436 e. The van der Waals surface area contributed by atoms with E-state index >= 15 is 0 Å². The van der Waals surface area contributed by atoms with Crippen molar-refractivity contribution in [2.75, 3.05) is 0 Å². The molecular formula is C7H12O3. The maximum atomic E-state index is 10.4. The molecule has 0 radical (unpaired) electrons. The summed E-state index contributed by atoms with van der Waals surface area (Å²) < 4.78 is 10.0. The van der Waals surface area contributed by atoms with Gasteiger partial charge in [-0.1, -0.05) is 0 Å². The third-order valence-corrected chi connectivity index (χ3v) is 1.49. The van der Waals surface area contributed by atoms with Gasteiger partial charge in [-0.15, -0.1) is 0 Å². The lowest BCUT2D eigenvalue weighted by atomic mass is 10.3. The summed E-state index contributed by atoms with van der Waals surface area (Å²) in [6.45, 7) is 3.37. The Hall–Kier alpha value is -0.570. The number of hydrogen-bond donors (Lipinski definition) is 0. The molecule has 1 fully saturated rings. The lowest BCUT2D eigenvalue weighted by molar-refractivity contribution is -0.171. The van der Waals surface area contributed by atoms with E-state index in [1.165, 1.54) is 6.92 Å². The van der Waals surface area contributed by atoms with Crippen molar-refractivity contribution in [2.24, 2.45) is 0 Å². The van der Waals surface area contributed by atoms with Crippen molar-refractivity contribution < 1.29 is 14.3 Å². The van der Waals surface area contributed by atoms with Crippen LogP contribution in [-0.2, 0) is 14.3 Å². The molecule has 0 aliphatic carbocycles. The largest absolute Gasteiger partial charge is 0.436 e. The minimum atomic E-state index is -0.285. The lowest BCUT2D eigenvalue weighted by Gasteiger charge is -2.09. The Morgan fingerprint density at radius 1 is 1.60 bits per heavy atom. The number of hydrogen-bond acceptors (Lipinski definition) is 3. The number of carbonyl (C=O) groups is 1. The van der Waals surface area contributed by atoms with Crippen molar-refractivity contribution in [3.8, 4) is 0 Å². The summed E-state index contributed by atoms with van der Waals surface area (Å²) in [6.07, 6.45) is 1.77. The minimum absolute atomic E-state index is 0.240. The van der Waals surface area contributed by atoms with Crippen molar-refractivity contribution in [2.45, 2.75) is 39.1 Å². The molecule has 0 bridgehead atoms. The van der Waals surface area contributed by atoms with Gasteiger partial charge in [0.2, 0.25) is 6.29 Å². The average Bonchev–Trinajstić information content (AvgIpc) is 2.13. The van der Waals surface area contributed by atoms with Gasteiger partial charge in [0.15, 0.2) is 0 Å². The van der Waals surface area contributed by atoms with Crippen LogP contribution in [0.25, 0.3) is 0 Å². The van der Waals surface area contributed by atoms with E-state index in [9.17, 15) is 4.79 Å². The average molecular weight is 144 g/mol. The summed E-state index contributed by atoms with van der Waals surface area (Å²) in [5, 5.41) is 0. The Balaban J connectivity index is 2.24. The molecular weight excluding hydrogens is 132 g/mol. The first-order valence-electron chi connectivity index (χ1n) is 3.51. The molecule has 1 aliphatic rings. The van der Waals surface area contributed by atoms with Crippen LogP contribution >= 0.6 is 0 Å². The summed E-state index contributed by atoms with van der Waals surface area (Å²) in [6, 6.07) is 0. The molecule has 1 aliphatic heterocycles. The molecule has 2 atom stereocenters. The fourth-order valence-electron chi connectivity index (χ4n) is 1.04. The smallest absolute Gasteiger partial charge is 0.304 e. The van der Waals surface area contributed by atoms with Gasteiger partial charge in [-0.2, -0.15) is 0 Å². The summed E-state index contributed by atoms with van der Waals surface area (Å²) >= 11 is 0. The molecule has 3 nitrogen and oxygen atoms in total. The van der Waals surface area contributed by atoms with E-state index in [0.717, 1.165) is 12.8 Å². The predicted molar refractivity (Wildman–Crippen MR) is 35.3 cm³/mol. The van der Waals surface area contributed by atoms with E-state index in [0.29, 0.717) is 0 Å². The SMILES string of the molecule is CC(=O)OC1CCC(C)O1. The molecule has 10 heavy (non-hydrogen) atoms. The van der Waals surface area contributed by atoms with E-state index in [2.05, 4.69) is 0 Å². The second-order valence-corrected chi connectivity index (χ2v) is 2.56. The first-order valence-corrected chi connectivity index (χ1v) is 3.51. The molecule has 1 saturated heterocycles. The van der Waals surface area contributed by atoms with Crippen LogP contribution in [0.1, 0.15) is 26.7 Å². The van der Waals surface area contributed by atoms with Crippen LogP contribution in [0, 0.1) is 0 Å². The normalized spacial score (nSPS) is 32.2. The summed E-state index contributed by atoms with van der Waals surface area (Å²) in [5.41, 5.74) is 0. The monoisotopic (exact) mass is 144 g/mol. The quantitative estimate of drug-likeness (QED) is 0.516. The first-order chi connectivity index (χ1) is 4.68. The van der Waals surface area contributed by atoms with Crippen LogP contribution in [0.3, 0.4) is 0 Å². The van der Waals surface area contributed by atoms with Crippen molar-refractivity contribution in [1.29, 1.82) is 0 Å². The summed E-state index contributed by atoms with van der Waals surface area (Å²) in [4.78, 5) is 10.4. The van der Waals surface area contributed by atoms with E-state index in [4.69, 9.17) is 9.47 Å². The van der Waals surface area contributed by atoms with Gasteiger partial charge in [0.1, 0.15) is 0 Å². The second kappa shape index (κ2) is 3.01. The van der Waals surface area contributed by atoms with Gasteiger partial charge in [-0.05, 0) is 13.3 Å². The third kappa shape index (κ3) is 1.99. The zero-order valence-electron chi connectivity index (χ0n) is 6.29. The molecule has 0 aromatic carbocycles. The number of ether oxygens (including phenoxy) is 2. The highest BCUT2D eigenvalue weighted by Gasteiger charge is 2.23. The van der Waals surface area contributed by atoms with Crippen LogP contribution in [-0.4, -0.2) is 18.4 Å². The van der Waals surface area contributed by atoms with Gasteiger partial charge in [0, 0.05) is 13.3 Å². The second-order valence-electron chi connectivity index (χ2n) is 2.56. The van der Waals surface area contributed by atoms with Gasteiger partial charge in [0.05, 0.1) is 6.10 Å². The standard InChI is InChI=1S/C7H12O3/c1-5-3-4-7(9-5)10-6(2)8/h5,7H,3-4H2,1-2H3. The van der Waals surface area contributed by atoms with Crippen molar-refractivity contribution in [3.63, 3.8) is 0 Å². The van der Waals surface area contributed by atoms with Crippen LogP contribution in [0.15, 0.2) is 0 Å². The first kappa shape index (κ1) is 7.54. The van der Waals surface area contributed by atoms with Crippen molar-refractivity contribution in [3.05, 3.63) is 0 Å². The van der Waals surface area contributed by atoms with Gasteiger partial charge >= 0.3 is 5.97 Å². The molecule has 1 heterocycles. The van der Waals surface area contributed by atoms with E-state index in [1.54, 1.807) is 0 Å². The Bertz CT molecular complexity index is 133. The molecule has 58 valence electrons. The summed E-state index contributed by atoms with van der Waals surface area (Å²) in [5.74, 6) is -0.265. The predicted octanol–water partition coefficient (Wildman–Crippen LogP) is 1.07. The Morgan fingerprint density at radius 3 is 2.70 bits per heavy atom. The van der Waals surface area contributed by atoms with Crippen molar-refractivity contribution >= 4 is 5.97 Å². The highest BCUT2D eigenvalue weighted by molar-refractivity contribution is 5.66. The van der Waals surface area contributed by atoms with E-state index < -0.39 is 0 Å². The van der Waals surface area contributed by atoms with Gasteiger partial charge < -0.3 is 9.47 Å². The van der Waals surface area contributed by atoms with Crippen LogP contribution in [0.5, 0.6) is 0 Å². The van der Waals surface area contributed by atoms with Crippen molar-refractivity contribution in [1.82, 2.24) is 0 Å². The summed E-state index contributed by atoms with van der Waals surface area (Å²) in [7, 11) is 0. The molecule has 0 spiro atoms. The third-order valence-electron chi connectivity index (χ3n) is 1.49. The maximum Gasteiger partial charge on any atom is 0.304 e.